The van der Waals surface area contributed by atoms with Gasteiger partial charge in [-0.2, -0.15) is 9.57 Å². The molecule has 1 aliphatic carbocycles. The van der Waals surface area contributed by atoms with Gasteiger partial charge >= 0.3 is 0 Å². The Labute approximate surface area is 125 Å². The maximum atomic E-state index is 12.8. The van der Waals surface area contributed by atoms with Crippen LogP contribution >= 0.6 is 0 Å². The summed E-state index contributed by atoms with van der Waals surface area (Å²) in [5.41, 5.74) is 7.01. The summed E-state index contributed by atoms with van der Waals surface area (Å²) in [7, 11) is -2.28. The highest BCUT2D eigenvalue weighted by Crippen LogP contribution is 2.36. The minimum absolute atomic E-state index is 0.0180. The second-order valence-electron chi connectivity index (χ2n) is 5.11. The van der Waals surface area contributed by atoms with Crippen LogP contribution in [0.25, 0.3) is 0 Å². The molecule has 0 bridgehead atoms. The number of ether oxygens (including phenoxy) is 1. The molecule has 21 heavy (non-hydrogen) atoms. The largest absolute Gasteiger partial charge is 0.495 e. The van der Waals surface area contributed by atoms with Crippen molar-refractivity contribution in [2.45, 2.75) is 37.1 Å². The molecular formula is C14H19N3O3S. The minimum atomic E-state index is -3.71. The summed E-state index contributed by atoms with van der Waals surface area (Å²) in [4.78, 5) is 0.0675. The van der Waals surface area contributed by atoms with Crippen LogP contribution in [0.15, 0.2) is 17.0 Å². The zero-order chi connectivity index (χ0) is 15.6. The summed E-state index contributed by atoms with van der Waals surface area (Å²) in [5.74, 6) is 0.282. The zero-order valence-electron chi connectivity index (χ0n) is 12.2. The second kappa shape index (κ2) is 5.92. The van der Waals surface area contributed by atoms with E-state index in [2.05, 4.69) is 0 Å². The summed E-state index contributed by atoms with van der Waals surface area (Å²) in [6.45, 7) is 1.99. The van der Waals surface area contributed by atoms with Crippen LogP contribution in [0.1, 0.15) is 24.8 Å². The van der Waals surface area contributed by atoms with Crippen molar-refractivity contribution in [3.05, 3.63) is 17.7 Å². The first-order valence-electron chi connectivity index (χ1n) is 6.74. The number of nitriles is 1. The molecular weight excluding hydrogens is 290 g/mol. The van der Waals surface area contributed by atoms with E-state index in [9.17, 15) is 8.42 Å². The molecule has 0 unspecified atom stereocenters. The van der Waals surface area contributed by atoms with E-state index in [0.717, 1.165) is 18.4 Å². The average Bonchev–Trinajstić information content (AvgIpc) is 3.26. The number of anilines is 1. The SMILES string of the molecule is COc1cc(C)c(N)cc1S(=O)(=O)N(CCC#N)C1CC1. The van der Waals surface area contributed by atoms with Crippen molar-refractivity contribution >= 4 is 15.7 Å². The smallest absolute Gasteiger partial charge is 0.247 e. The van der Waals surface area contributed by atoms with Gasteiger partial charge in [0, 0.05) is 24.7 Å². The lowest BCUT2D eigenvalue weighted by molar-refractivity contribution is 0.387. The standard InChI is InChI=1S/C14H19N3O3S/c1-10-8-13(20-2)14(9-12(10)16)21(18,19)17(7-3-6-15)11-4-5-11/h8-9,11H,3-5,7,16H2,1-2H3. The number of hydrogen-bond donors (Lipinski definition) is 1. The van der Waals surface area contributed by atoms with E-state index >= 15 is 0 Å². The Morgan fingerprint density at radius 2 is 2.14 bits per heavy atom. The number of nitrogens with two attached hydrogens (primary N) is 1. The fourth-order valence-electron chi connectivity index (χ4n) is 2.19. The molecule has 1 aliphatic rings. The molecule has 1 aromatic carbocycles. The highest BCUT2D eigenvalue weighted by molar-refractivity contribution is 7.89. The Morgan fingerprint density at radius 3 is 2.67 bits per heavy atom. The molecule has 114 valence electrons. The Bertz CT molecular complexity index is 675. The number of sulfonamides is 1. The van der Waals surface area contributed by atoms with Gasteiger partial charge in [-0.1, -0.05) is 0 Å². The van der Waals surface area contributed by atoms with Gasteiger partial charge in [0.05, 0.1) is 13.2 Å². The van der Waals surface area contributed by atoms with Crippen LogP contribution < -0.4 is 10.5 Å². The Balaban J connectivity index is 2.47. The Kier molecular flexibility index (Phi) is 4.40. The lowest BCUT2D eigenvalue weighted by Crippen LogP contribution is -2.34. The van der Waals surface area contributed by atoms with Gasteiger partial charge in [0.2, 0.25) is 10.0 Å². The van der Waals surface area contributed by atoms with Crippen molar-refractivity contribution in [2.24, 2.45) is 0 Å². The molecule has 0 aliphatic heterocycles. The maximum Gasteiger partial charge on any atom is 0.247 e. The number of methoxy groups -OCH3 is 1. The molecule has 0 atom stereocenters. The first kappa shape index (κ1) is 15.6. The van der Waals surface area contributed by atoms with Crippen molar-refractivity contribution in [1.29, 1.82) is 5.26 Å². The van der Waals surface area contributed by atoms with Crippen LogP contribution in [0.4, 0.5) is 5.69 Å². The molecule has 6 nitrogen and oxygen atoms in total. The predicted octanol–water partition coefficient (Wildman–Crippen LogP) is 1.65. The second-order valence-corrected chi connectivity index (χ2v) is 6.97. The number of benzene rings is 1. The quantitative estimate of drug-likeness (QED) is 0.806. The van der Waals surface area contributed by atoms with Gasteiger partial charge in [0.15, 0.2) is 0 Å². The topological polar surface area (TPSA) is 96.4 Å². The van der Waals surface area contributed by atoms with Crippen LogP contribution in [0.2, 0.25) is 0 Å². The molecule has 0 saturated heterocycles. The zero-order valence-corrected chi connectivity index (χ0v) is 13.0. The molecule has 0 amide bonds. The lowest BCUT2D eigenvalue weighted by atomic mass is 10.2. The van der Waals surface area contributed by atoms with Crippen molar-refractivity contribution in [3.63, 3.8) is 0 Å². The van der Waals surface area contributed by atoms with Gasteiger partial charge in [0.1, 0.15) is 10.6 Å². The summed E-state index contributed by atoms with van der Waals surface area (Å²) in [6, 6.07) is 5.03. The summed E-state index contributed by atoms with van der Waals surface area (Å²) < 4.78 is 32.3. The summed E-state index contributed by atoms with van der Waals surface area (Å²) in [6.07, 6.45) is 1.82. The Hall–Kier alpha value is -1.78. The van der Waals surface area contributed by atoms with Gasteiger partial charge in [-0.05, 0) is 37.5 Å². The third-order valence-electron chi connectivity index (χ3n) is 3.54. The van der Waals surface area contributed by atoms with Crippen LogP contribution in [0.5, 0.6) is 5.75 Å². The maximum absolute atomic E-state index is 12.8. The molecule has 1 fully saturated rings. The van der Waals surface area contributed by atoms with Crippen molar-refractivity contribution in [2.75, 3.05) is 19.4 Å². The first-order chi connectivity index (χ1) is 9.91. The highest BCUT2D eigenvalue weighted by Gasteiger charge is 2.39. The highest BCUT2D eigenvalue weighted by atomic mass is 32.2. The molecule has 7 heteroatoms. The molecule has 1 aromatic rings. The number of hydrogen-bond acceptors (Lipinski definition) is 5. The summed E-state index contributed by atoms with van der Waals surface area (Å²) in [5, 5.41) is 8.72. The number of nitrogen functional groups attached to an aromatic ring is 1. The normalized spacial score (nSPS) is 15.0. The molecule has 0 spiro atoms. The lowest BCUT2D eigenvalue weighted by Gasteiger charge is -2.22. The molecule has 2 N–H and O–H groups in total. The Morgan fingerprint density at radius 1 is 1.48 bits per heavy atom. The van der Waals surface area contributed by atoms with E-state index in [1.54, 1.807) is 13.0 Å². The first-order valence-corrected chi connectivity index (χ1v) is 8.18. The molecule has 0 aromatic heterocycles. The van der Waals surface area contributed by atoms with E-state index < -0.39 is 10.0 Å². The molecule has 0 heterocycles. The number of aryl methyl sites for hydroxylation is 1. The van der Waals surface area contributed by atoms with E-state index in [1.807, 2.05) is 6.07 Å². The van der Waals surface area contributed by atoms with E-state index in [1.165, 1.54) is 17.5 Å². The van der Waals surface area contributed by atoms with Crippen molar-refractivity contribution in [1.82, 2.24) is 4.31 Å². The van der Waals surface area contributed by atoms with Gasteiger partial charge in [0.25, 0.3) is 0 Å². The predicted molar refractivity (Wildman–Crippen MR) is 79.3 cm³/mol. The molecule has 0 radical (unpaired) electrons. The van der Waals surface area contributed by atoms with Crippen LogP contribution in [0.3, 0.4) is 0 Å². The van der Waals surface area contributed by atoms with Gasteiger partial charge < -0.3 is 10.5 Å². The van der Waals surface area contributed by atoms with Crippen LogP contribution in [-0.4, -0.2) is 32.4 Å². The third kappa shape index (κ3) is 3.12. The number of nitrogens with zero attached hydrogens (tertiary/aromatic N) is 2. The van der Waals surface area contributed by atoms with E-state index in [4.69, 9.17) is 15.7 Å². The van der Waals surface area contributed by atoms with E-state index in [-0.39, 0.29) is 29.7 Å². The molecule has 2 rings (SSSR count). The van der Waals surface area contributed by atoms with Crippen molar-refractivity contribution < 1.29 is 13.2 Å². The monoisotopic (exact) mass is 309 g/mol. The fourth-order valence-corrected chi connectivity index (χ4v) is 4.05. The van der Waals surface area contributed by atoms with Gasteiger partial charge in [-0.3, -0.25) is 0 Å². The minimum Gasteiger partial charge on any atom is -0.495 e. The van der Waals surface area contributed by atoms with E-state index in [0.29, 0.717) is 5.69 Å². The van der Waals surface area contributed by atoms with Crippen molar-refractivity contribution in [3.8, 4) is 11.8 Å². The number of rotatable bonds is 6. The van der Waals surface area contributed by atoms with Gasteiger partial charge in [-0.15, -0.1) is 0 Å². The molecule has 1 saturated carbocycles. The fraction of sp³-hybridized carbons (Fsp3) is 0.500. The average molecular weight is 309 g/mol. The van der Waals surface area contributed by atoms with Gasteiger partial charge in [-0.25, -0.2) is 8.42 Å². The summed E-state index contributed by atoms with van der Waals surface area (Å²) >= 11 is 0. The third-order valence-corrected chi connectivity index (χ3v) is 5.51. The van der Waals surface area contributed by atoms with Crippen LogP contribution in [0, 0.1) is 18.3 Å². The van der Waals surface area contributed by atoms with Crippen LogP contribution in [-0.2, 0) is 10.0 Å².